The molecular formula is C13H16O3. The average Bonchev–Trinajstić information content (AvgIpc) is 2.30. The molecule has 1 aromatic carbocycles. The average molecular weight is 220 g/mol. The summed E-state index contributed by atoms with van der Waals surface area (Å²) in [6.07, 6.45) is 3.61. The molecule has 1 aromatic rings. The normalized spacial score (nSPS) is 9.75. The van der Waals surface area contributed by atoms with Gasteiger partial charge in [-0.1, -0.05) is 24.8 Å². The van der Waals surface area contributed by atoms with Crippen LogP contribution >= 0.6 is 0 Å². The number of para-hydroxylation sites is 1. The van der Waals surface area contributed by atoms with Crippen LogP contribution in [0.1, 0.15) is 18.4 Å². The molecule has 0 spiro atoms. The minimum Gasteiger partial charge on any atom is -0.508 e. The molecule has 0 atom stereocenters. The number of hydrogen-bond acceptors (Lipinski definition) is 3. The van der Waals surface area contributed by atoms with Crippen molar-refractivity contribution in [2.45, 2.75) is 19.3 Å². The number of benzene rings is 1. The van der Waals surface area contributed by atoms with Crippen LogP contribution in [-0.2, 0) is 16.0 Å². The van der Waals surface area contributed by atoms with Gasteiger partial charge < -0.3 is 9.84 Å². The van der Waals surface area contributed by atoms with Gasteiger partial charge in [0.15, 0.2) is 0 Å². The Morgan fingerprint density at radius 1 is 1.38 bits per heavy atom. The highest BCUT2D eigenvalue weighted by Crippen LogP contribution is 2.17. The topological polar surface area (TPSA) is 46.5 Å². The summed E-state index contributed by atoms with van der Waals surface area (Å²) in [6, 6.07) is 7.26. The second-order valence-corrected chi connectivity index (χ2v) is 3.46. The lowest BCUT2D eigenvalue weighted by Crippen LogP contribution is -2.02. The first-order chi connectivity index (χ1) is 7.74. The van der Waals surface area contributed by atoms with Gasteiger partial charge in [-0.15, -0.1) is 0 Å². The number of carbonyl (C=O) groups is 1. The molecule has 0 amide bonds. The summed E-state index contributed by atoms with van der Waals surface area (Å²) in [7, 11) is 0. The van der Waals surface area contributed by atoms with E-state index < -0.39 is 0 Å². The van der Waals surface area contributed by atoms with Crippen molar-refractivity contribution in [1.82, 2.24) is 0 Å². The molecular weight excluding hydrogens is 204 g/mol. The zero-order valence-corrected chi connectivity index (χ0v) is 9.19. The van der Waals surface area contributed by atoms with Crippen LogP contribution in [0, 0.1) is 0 Å². The number of phenolic OH excluding ortho intramolecular Hbond substituents is 1. The van der Waals surface area contributed by atoms with Crippen molar-refractivity contribution in [3.05, 3.63) is 42.5 Å². The van der Waals surface area contributed by atoms with Crippen LogP contribution < -0.4 is 0 Å². The fourth-order valence-corrected chi connectivity index (χ4v) is 1.37. The highest BCUT2D eigenvalue weighted by molar-refractivity contribution is 5.81. The van der Waals surface area contributed by atoms with Gasteiger partial charge in [-0.05, 0) is 30.9 Å². The predicted molar refractivity (Wildman–Crippen MR) is 62.2 cm³/mol. The minimum atomic E-state index is -0.387. The number of ether oxygens (including phenoxy) is 1. The SMILES string of the molecule is C=CC(=O)OCCCCc1ccccc1O. The smallest absolute Gasteiger partial charge is 0.330 e. The van der Waals surface area contributed by atoms with Crippen LogP contribution in [0.25, 0.3) is 0 Å². The van der Waals surface area contributed by atoms with Crippen LogP contribution in [0.15, 0.2) is 36.9 Å². The summed E-state index contributed by atoms with van der Waals surface area (Å²) in [5.74, 6) is -0.0619. The number of aromatic hydroxyl groups is 1. The zero-order valence-electron chi connectivity index (χ0n) is 9.19. The third-order valence-corrected chi connectivity index (χ3v) is 2.24. The Bertz CT molecular complexity index is 358. The molecule has 16 heavy (non-hydrogen) atoms. The summed E-state index contributed by atoms with van der Waals surface area (Å²) in [5.41, 5.74) is 0.928. The summed E-state index contributed by atoms with van der Waals surface area (Å²) in [6.45, 7) is 3.71. The Morgan fingerprint density at radius 3 is 2.81 bits per heavy atom. The Hall–Kier alpha value is -1.77. The molecule has 0 radical (unpaired) electrons. The van der Waals surface area contributed by atoms with E-state index in [4.69, 9.17) is 4.74 Å². The van der Waals surface area contributed by atoms with Gasteiger partial charge >= 0.3 is 5.97 Å². The van der Waals surface area contributed by atoms with Crippen molar-refractivity contribution in [2.75, 3.05) is 6.61 Å². The van der Waals surface area contributed by atoms with E-state index in [1.165, 1.54) is 0 Å². The van der Waals surface area contributed by atoms with Crippen molar-refractivity contribution in [3.8, 4) is 5.75 Å². The number of phenols is 1. The second-order valence-electron chi connectivity index (χ2n) is 3.46. The number of rotatable bonds is 6. The van der Waals surface area contributed by atoms with Crippen LogP contribution in [0.3, 0.4) is 0 Å². The van der Waals surface area contributed by atoms with E-state index in [0.29, 0.717) is 12.4 Å². The fraction of sp³-hybridized carbons (Fsp3) is 0.308. The third-order valence-electron chi connectivity index (χ3n) is 2.24. The molecule has 0 bridgehead atoms. The largest absolute Gasteiger partial charge is 0.508 e. The first-order valence-electron chi connectivity index (χ1n) is 5.30. The quantitative estimate of drug-likeness (QED) is 0.455. The van der Waals surface area contributed by atoms with Crippen LogP contribution in [0.5, 0.6) is 5.75 Å². The van der Waals surface area contributed by atoms with Crippen molar-refractivity contribution < 1.29 is 14.6 Å². The van der Waals surface area contributed by atoms with Gasteiger partial charge in [0.2, 0.25) is 0 Å². The van der Waals surface area contributed by atoms with Crippen LogP contribution in [0.2, 0.25) is 0 Å². The van der Waals surface area contributed by atoms with Crippen LogP contribution in [0.4, 0.5) is 0 Å². The molecule has 0 aliphatic carbocycles. The molecule has 3 heteroatoms. The van der Waals surface area contributed by atoms with Gasteiger partial charge in [0.25, 0.3) is 0 Å². The lowest BCUT2D eigenvalue weighted by atomic mass is 10.1. The number of unbranched alkanes of at least 4 members (excludes halogenated alkanes) is 1. The van der Waals surface area contributed by atoms with E-state index in [9.17, 15) is 9.90 Å². The lowest BCUT2D eigenvalue weighted by molar-refractivity contribution is -0.137. The maximum absolute atomic E-state index is 10.7. The summed E-state index contributed by atoms with van der Waals surface area (Å²) in [5, 5.41) is 9.49. The van der Waals surface area contributed by atoms with Crippen molar-refractivity contribution >= 4 is 5.97 Å². The second kappa shape index (κ2) is 6.67. The van der Waals surface area contributed by atoms with E-state index in [2.05, 4.69) is 6.58 Å². The van der Waals surface area contributed by atoms with E-state index >= 15 is 0 Å². The Labute approximate surface area is 95.4 Å². The molecule has 0 heterocycles. The van der Waals surface area contributed by atoms with Crippen LogP contribution in [-0.4, -0.2) is 17.7 Å². The minimum absolute atomic E-state index is 0.325. The molecule has 0 saturated heterocycles. The van der Waals surface area contributed by atoms with Gasteiger partial charge in [-0.3, -0.25) is 0 Å². The Morgan fingerprint density at radius 2 is 2.12 bits per heavy atom. The zero-order chi connectivity index (χ0) is 11.8. The van der Waals surface area contributed by atoms with Gasteiger partial charge in [0.1, 0.15) is 5.75 Å². The summed E-state index contributed by atoms with van der Waals surface area (Å²) >= 11 is 0. The number of aryl methyl sites for hydroxylation is 1. The number of esters is 1. The lowest BCUT2D eigenvalue weighted by Gasteiger charge is -2.04. The van der Waals surface area contributed by atoms with Gasteiger partial charge in [-0.2, -0.15) is 0 Å². The Kier molecular flexibility index (Phi) is 5.12. The first kappa shape index (κ1) is 12.3. The van der Waals surface area contributed by atoms with Gasteiger partial charge in [-0.25, -0.2) is 4.79 Å². The van der Waals surface area contributed by atoms with E-state index in [0.717, 1.165) is 30.9 Å². The van der Waals surface area contributed by atoms with E-state index in [1.807, 2.05) is 12.1 Å². The molecule has 0 aromatic heterocycles. The molecule has 1 N–H and O–H groups in total. The van der Waals surface area contributed by atoms with E-state index in [-0.39, 0.29) is 5.97 Å². The maximum atomic E-state index is 10.7. The van der Waals surface area contributed by atoms with Crippen molar-refractivity contribution in [2.24, 2.45) is 0 Å². The molecule has 0 aliphatic rings. The highest BCUT2D eigenvalue weighted by Gasteiger charge is 2.00. The maximum Gasteiger partial charge on any atom is 0.330 e. The molecule has 1 rings (SSSR count). The Balaban J connectivity index is 2.19. The molecule has 3 nitrogen and oxygen atoms in total. The number of hydrogen-bond donors (Lipinski definition) is 1. The third kappa shape index (κ3) is 4.17. The number of carbonyl (C=O) groups excluding carboxylic acids is 1. The van der Waals surface area contributed by atoms with Gasteiger partial charge in [0, 0.05) is 6.08 Å². The molecule has 0 aliphatic heterocycles. The van der Waals surface area contributed by atoms with Crippen molar-refractivity contribution in [3.63, 3.8) is 0 Å². The van der Waals surface area contributed by atoms with E-state index in [1.54, 1.807) is 12.1 Å². The highest BCUT2D eigenvalue weighted by atomic mass is 16.5. The molecule has 86 valence electrons. The van der Waals surface area contributed by atoms with Crippen molar-refractivity contribution in [1.29, 1.82) is 0 Å². The predicted octanol–water partition coefficient (Wildman–Crippen LogP) is 2.44. The standard InChI is InChI=1S/C13H16O3/c1-2-13(15)16-10-6-5-8-11-7-3-4-9-12(11)14/h2-4,7,9,14H,1,5-6,8,10H2. The molecule has 0 saturated carbocycles. The summed E-state index contributed by atoms with van der Waals surface area (Å²) in [4.78, 5) is 10.7. The first-order valence-corrected chi connectivity index (χ1v) is 5.30. The molecule has 0 fully saturated rings. The fourth-order valence-electron chi connectivity index (χ4n) is 1.37. The monoisotopic (exact) mass is 220 g/mol. The molecule has 0 unspecified atom stereocenters. The van der Waals surface area contributed by atoms with Gasteiger partial charge in [0.05, 0.1) is 6.61 Å². The summed E-state index contributed by atoms with van der Waals surface area (Å²) < 4.78 is 4.84.